The van der Waals surface area contributed by atoms with Gasteiger partial charge in [-0.15, -0.1) is 11.8 Å². The molecule has 4 aromatic carbocycles. The van der Waals surface area contributed by atoms with Crippen molar-refractivity contribution in [1.82, 2.24) is 5.32 Å². The average Bonchev–Trinajstić information content (AvgIpc) is 3.08. The molecule has 4 aromatic rings. The molecule has 10 heteroatoms. The molecule has 9 nitrogen and oxygen atoms in total. The SMILES string of the molecule is CCCCOC(=O)c1ccc(NC(=O)CSc2cccc(NC(=O)/C(=C\c3ccccc3OC)NC(=O)c3ccccc3)c2)cc1. The normalized spacial score (nSPS) is 10.9. The largest absolute Gasteiger partial charge is 0.496 e. The number of anilines is 2. The molecule has 3 amide bonds. The Bertz CT molecular complexity index is 1690. The number of amides is 3. The summed E-state index contributed by atoms with van der Waals surface area (Å²) in [5, 5.41) is 8.38. The van der Waals surface area contributed by atoms with Crippen LogP contribution in [-0.2, 0) is 14.3 Å². The number of methoxy groups -OCH3 is 1. The minimum absolute atomic E-state index is 0.0241. The van der Waals surface area contributed by atoms with Crippen molar-refractivity contribution < 1.29 is 28.7 Å². The molecule has 0 unspecified atom stereocenters. The monoisotopic (exact) mass is 637 g/mol. The van der Waals surface area contributed by atoms with Crippen LogP contribution in [0.15, 0.2) is 114 Å². The van der Waals surface area contributed by atoms with Crippen molar-refractivity contribution in [3.8, 4) is 5.75 Å². The zero-order valence-corrected chi connectivity index (χ0v) is 26.4. The first-order valence-electron chi connectivity index (χ1n) is 14.7. The number of unbranched alkanes of at least 4 members (excludes halogenated alkanes) is 1. The lowest BCUT2D eigenvalue weighted by Crippen LogP contribution is -2.30. The van der Waals surface area contributed by atoms with E-state index in [1.165, 1.54) is 18.9 Å². The molecule has 0 spiro atoms. The molecule has 46 heavy (non-hydrogen) atoms. The smallest absolute Gasteiger partial charge is 0.338 e. The molecule has 0 heterocycles. The van der Waals surface area contributed by atoms with Crippen LogP contribution in [0.25, 0.3) is 6.08 Å². The number of nitrogens with one attached hydrogen (secondary N) is 3. The first-order valence-corrected chi connectivity index (χ1v) is 15.7. The van der Waals surface area contributed by atoms with Gasteiger partial charge in [0.2, 0.25) is 5.91 Å². The molecule has 0 aromatic heterocycles. The van der Waals surface area contributed by atoms with Crippen LogP contribution < -0.4 is 20.7 Å². The van der Waals surface area contributed by atoms with Gasteiger partial charge in [-0.1, -0.05) is 55.8 Å². The lowest BCUT2D eigenvalue weighted by molar-refractivity contribution is -0.114. The summed E-state index contributed by atoms with van der Waals surface area (Å²) in [6, 6.07) is 29.3. The fraction of sp³-hybridized carbons (Fsp3) is 0.167. The molecule has 0 saturated carbocycles. The third-order valence-electron chi connectivity index (χ3n) is 6.56. The van der Waals surface area contributed by atoms with E-state index in [4.69, 9.17) is 9.47 Å². The molecule has 0 aliphatic rings. The van der Waals surface area contributed by atoms with Crippen LogP contribution in [0.2, 0.25) is 0 Å². The van der Waals surface area contributed by atoms with Gasteiger partial charge in [0, 0.05) is 27.4 Å². The highest BCUT2D eigenvalue weighted by atomic mass is 32.2. The van der Waals surface area contributed by atoms with E-state index in [1.807, 2.05) is 19.1 Å². The number of carbonyl (C=O) groups is 4. The lowest BCUT2D eigenvalue weighted by atomic mass is 10.1. The number of rotatable bonds is 14. The van der Waals surface area contributed by atoms with Crippen molar-refractivity contribution >= 4 is 52.9 Å². The van der Waals surface area contributed by atoms with Gasteiger partial charge in [-0.25, -0.2) is 4.79 Å². The van der Waals surface area contributed by atoms with Crippen LogP contribution in [0.4, 0.5) is 11.4 Å². The highest BCUT2D eigenvalue weighted by molar-refractivity contribution is 8.00. The molecule has 0 saturated heterocycles. The summed E-state index contributed by atoms with van der Waals surface area (Å²) in [6.07, 6.45) is 3.30. The Balaban J connectivity index is 1.39. The molecular weight excluding hydrogens is 602 g/mol. The fourth-order valence-corrected chi connectivity index (χ4v) is 4.93. The summed E-state index contributed by atoms with van der Waals surface area (Å²) in [4.78, 5) is 51.9. The maximum Gasteiger partial charge on any atom is 0.338 e. The molecular formula is C36H35N3O6S. The van der Waals surface area contributed by atoms with Crippen LogP contribution >= 0.6 is 11.8 Å². The van der Waals surface area contributed by atoms with Gasteiger partial charge in [0.25, 0.3) is 11.8 Å². The Labute approximate surface area is 272 Å². The molecule has 3 N–H and O–H groups in total. The topological polar surface area (TPSA) is 123 Å². The minimum Gasteiger partial charge on any atom is -0.496 e. The molecule has 4 rings (SSSR count). The number of esters is 1. The molecule has 0 aliphatic carbocycles. The van der Waals surface area contributed by atoms with Gasteiger partial charge in [-0.05, 0) is 73.2 Å². The van der Waals surface area contributed by atoms with Gasteiger partial charge in [0.15, 0.2) is 0 Å². The second-order valence-electron chi connectivity index (χ2n) is 10.0. The van der Waals surface area contributed by atoms with Gasteiger partial charge in [0.1, 0.15) is 11.4 Å². The van der Waals surface area contributed by atoms with Crippen LogP contribution in [0.5, 0.6) is 5.75 Å². The number of hydrogen-bond donors (Lipinski definition) is 3. The Hall–Kier alpha value is -5.35. The van der Waals surface area contributed by atoms with Crippen molar-refractivity contribution in [3.05, 3.63) is 126 Å². The summed E-state index contributed by atoms with van der Waals surface area (Å²) >= 11 is 1.29. The highest BCUT2D eigenvalue weighted by Crippen LogP contribution is 2.24. The number of para-hydroxylation sites is 1. The van der Waals surface area contributed by atoms with Gasteiger partial charge in [0.05, 0.1) is 25.0 Å². The number of benzene rings is 4. The van der Waals surface area contributed by atoms with E-state index in [-0.39, 0.29) is 17.4 Å². The highest BCUT2D eigenvalue weighted by Gasteiger charge is 2.16. The number of carbonyl (C=O) groups excluding carboxylic acids is 4. The second-order valence-corrected chi connectivity index (χ2v) is 11.1. The van der Waals surface area contributed by atoms with Crippen molar-refractivity contribution in [2.75, 3.05) is 30.1 Å². The first kappa shape index (κ1) is 33.5. The van der Waals surface area contributed by atoms with Crippen LogP contribution in [0, 0.1) is 0 Å². The predicted molar refractivity (Wildman–Crippen MR) is 181 cm³/mol. The molecule has 0 atom stereocenters. The third kappa shape index (κ3) is 10.1. The zero-order valence-electron chi connectivity index (χ0n) is 25.6. The second kappa shape index (κ2) is 17.2. The van der Waals surface area contributed by atoms with Crippen molar-refractivity contribution in [2.24, 2.45) is 0 Å². The molecule has 0 fully saturated rings. The van der Waals surface area contributed by atoms with Gasteiger partial charge >= 0.3 is 5.97 Å². The summed E-state index contributed by atoms with van der Waals surface area (Å²) in [7, 11) is 1.53. The van der Waals surface area contributed by atoms with Crippen LogP contribution in [-0.4, -0.2) is 43.2 Å². The summed E-state index contributed by atoms with van der Waals surface area (Å²) in [5.74, 6) is -0.941. The molecule has 0 radical (unpaired) electrons. The number of ether oxygens (including phenoxy) is 2. The Morgan fingerprint density at radius 3 is 2.26 bits per heavy atom. The first-order chi connectivity index (χ1) is 22.4. The standard InChI is InChI=1S/C36H35N3O6S/c1-3-4-21-45-36(43)26-17-19-28(20-18-26)37-33(40)24-46-30-15-10-14-29(23-30)38-35(42)31(22-27-13-8-9-16-32(27)44-2)39-34(41)25-11-6-5-7-12-25/h5-20,22-23H,3-4,21,24H2,1-2H3,(H,37,40)(H,38,42)(H,39,41)/b31-22+. The van der Waals surface area contributed by atoms with E-state index < -0.39 is 17.8 Å². The van der Waals surface area contributed by atoms with Crippen molar-refractivity contribution in [2.45, 2.75) is 24.7 Å². The van der Waals surface area contributed by atoms with E-state index in [2.05, 4.69) is 16.0 Å². The molecule has 0 aliphatic heterocycles. The van der Waals surface area contributed by atoms with Crippen LogP contribution in [0.1, 0.15) is 46.0 Å². The minimum atomic E-state index is -0.534. The Morgan fingerprint density at radius 1 is 0.783 bits per heavy atom. The van der Waals surface area contributed by atoms with Gasteiger partial charge in [-0.3, -0.25) is 14.4 Å². The summed E-state index contributed by atoms with van der Waals surface area (Å²) in [5.41, 5.74) is 2.50. The van der Waals surface area contributed by atoms with E-state index in [0.717, 1.165) is 17.7 Å². The summed E-state index contributed by atoms with van der Waals surface area (Å²) in [6.45, 7) is 2.40. The van der Waals surface area contributed by atoms with E-state index in [9.17, 15) is 19.2 Å². The zero-order chi connectivity index (χ0) is 32.7. The third-order valence-corrected chi connectivity index (χ3v) is 7.56. The fourth-order valence-electron chi connectivity index (χ4n) is 4.17. The van der Waals surface area contributed by atoms with Gasteiger partial charge in [-0.2, -0.15) is 0 Å². The number of thioether (sulfide) groups is 1. The molecule has 236 valence electrons. The predicted octanol–water partition coefficient (Wildman–Crippen LogP) is 6.79. The average molecular weight is 638 g/mol. The van der Waals surface area contributed by atoms with E-state index in [0.29, 0.717) is 40.4 Å². The Morgan fingerprint density at radius 2 is 1.52 bits per heavy atom. The maximum absolute atomic E-state index is 13.5. The number of hydrogen-bond acceptors (Lipinski definition) is 7. The molecule has 0 bridgehead atoms. The Kier molecular flexibility index (Phi) is 12.6. The van der Waals surface area contributed by atoms with E-state index in [1.54, 1.807) is 97.1 Å². The quantitative estimate of drug-likeness (QED) is 0.0602. The van der Waals surface area contributed by atoms with Gasteiger partial charge < -0.3 is 25.4 Å². The van der Waals surface area contributed by atoms with Crippen LogP contribution in [0.3, 0.4) is 0 Å². The van der Waals surface area contributed by atoms with E-state index >= 15 is 0 Å². The van der Waals surface area contributed by atoms with Crippen molar-refractivity contribution in [1.29, 1.82) is 0 Å². The van der Waals surface area contributed by atoms with Crippen molar-refractivity contribution in [3.63, 3.8) is 0 Å². The lowest BCUT2D eigenvalue weighted by Gasteiger charge is -2.13. The summed E-state index contributed by atoms with van der Waals surface area (Å²) < 4.78 is 10.6. The maximum atomic E-state index is 13.5.